The number of fused-ring (bicyclic) bond motifs is 3. The zero-order valence-electron chi connectivity index (χ0n) is 15.1. The molecule has 0 radical (unpaired) electrons. The van der Waals surface area contributed by atoms with Gasteiger partial charge in [-0.15, -0.1) is 0 Å². The van der Waals surface area contributed by atoms with Crippen LogP contribution >= 0.6 is 0 Å². The van der Waals surface area contributed by atoms with Gasteiger partial charge in [0.1, 0.15) is 12.4 Å². The first-order chi connectivity index (χ1) is 13.1. The van der Waals surface area contributed by atoms with Crippen molar-refractivity contribution in [1.29, 1.82) is 0 Å². The zero-order chi connectivity index (χ0) is 18.8. The number of ether oxygens (including phenoxy) is 1. The number of nitrogens with one attached hydrogen (secondary N) is 1. The van der Waals surface area contributed by atoms with E-state index in [0.29, 0.717) is 5.56 Å². The molecule has 4 heteroatoms. The van der Waals surface area contributed by atoms with Gasteiger partial charge in [0.2, 0.25) is 0 Å². The number of carbonyl (C=O) groups is 1. The van der Waals surface area contributed by atoms with Gasteiger partial charge in [-0.05, 0) is 34.7 Å². The molecule has 0 unspecified atom stereocenters. The van der Waals surface area contributed by atoms with E-state index in [0.717, 1.165) is 5.56 Å². The predicted octanol–water partition coefficient (Wildman–Crippen LogP) is 4.74. The fraction of sp³-hybridized carbons (Fsp3) is 0.174. The Morgan fingerprint density at radius 3 is 2.26 bits per heavy atom. The Bertz CT molecular complexity index is 951. The van der Waals surface area contributed by atoms with Crippen LogP contribution in [0.2, 0.25) is 0 Å². The number of benzene rings is 3. The zero-order valence-corrected chi connectivity index (χ0v) is 15.1. The van der Waals surface area contributed by atoms with Crippen LogP contribution in [0.5, 0.6) is 5.75 Å². The minimum Gasteiger partial charge on any atom is -0.507 e. The Hall–Kier alpha value is -3.27. The van der Waals surface area contributed by atoms with Crippen molar-refractivity contribution in [3.63, 3.8) is 0 Å². The van der Waals surface area contributed by atoms with Crippen LogP contribution in [-0.4, -0.2) is 17.8 Å². The van der Waals surface area contributed by atoms with Gasteiger partial charge in [0.15, 0.2) is 0 Å². The van der Waals surface area contributed by atoms with E-state index in [9.17, 15) is 9.90 Å². The van der Waals surface area contributed by atoms with Crippen molar-refractivity contribution in [3.8, 4) is 16.9 Å². The van der Waals surface area contributed by atoms with Gasteiger partial charge in [0.25, 0.3) is 0 Å². The predicted molar refractivity (Wildman–Crippen MR) is 105 cm³/mol. The Balaban J connectivity index is 1.43. The summed E-state index contributed by atoms with van der Waals surface area (Å²) in [4.78, 5) is 12.2. The summed E-state index contributed by atoms with van der Waals surface area (Å²) in [5.74, 6) is 0.243. The van der Waals surface area contributed by atoms with E-state index in [2.05, 4.69) is 29.6 Å². The molecule has 0 heterocycles. The van der Waals surface area contributed by atoms with Crippen molar-refractivity contribution >= 4 is 6.09 Å². The Morgan fingerprint density at radius 1 is 0.963 bits per heavy atom. The van der Waals surface area contributed by atoms with Gasteiger partial charge in [0.05, 0.1) is 0 Å². The maximum atomic E-state index is 12.2. The number of phenols is 1. The molecule has 0 saturated carbocycles. The first kappa shape index (κ1) is 17.2. The van der Waals surface area contributed by atoms with Gasteiger partial charge in [-0.3, -0.25) is 0 Å². The Kier molecular flexibility index (Phi) is 4.55. The lowest BCUT2D eigenvalue weighted by atomic mass is 9.98. The monoisotopic (exact) mass is 359 g/mol. The molecule has 1 aliphatic carbocycles. The van der Waals surface area contributed by atoms with E-state index in [1.807, 2.05) is 43.3 Å². The summed E-state index contributed by atoms with van der Waals surface area (Å²) in [7, 11) is 0. The van der Waals surface area contributed by atoms with E-state index in [1.54, 1.807) is 6.07 Å². The molecule has 2 N–H and O–H groups in total. The van der Waals surface area contributed by atoms with Gasteiger partial charge >= 0.3 is 6.09 Å². The van der Waals surface area contributed by atoms with Crippen LogP contribution in [0.15, 0.2) is 66.7 Å². The summed E-state index contributed by atoms with van der Waals surface area (Å²) in [6.45, 7) is 2.33. The van der Waals surface area contributed by atoms with Crippen molar-refractivity contribution < 1.29 is 14.6 Å². The van der Waals surface area contributed by atoms with Crippen LogP contribution < -0.4 is 5.32 Å². The van der Waals surface area contributed by atoms with Crippen LogP contribution in [0.1, 0.15) is 28.2 Å². The number of alkyl carbamates (subject to hydrolysis) is 1. The maximum absolute atomic E-state index is 12.2. The molecule has 4 rings (SSSR count). The highest BCUT2D eigenvalue weighted by atomic mass is 16.5. The van der Waals surface area contributed by atoms with E-state index in [1.165, 1.54) is 22.3 Å². The molecule has 3 aromatic rings. The van der Waals surface area contributed by atoms with Crippen molar-refractivity contribution in [1.82, 2.24) is 5.32 Å². The fourth-order valence-electron chi connectivity index (χ4n) is 3.68. The number of phenolic OH excluding ortho intramolecular Hbond substituents is 1. The van der Waals surface area contributed by atoms with Crippen LogP contribution in [0, 0.1) is 6.92 Å². The number of para-hydroxylation sites is 1. The van der Waals surface area contributed by atoms with Gasteiger partial charge < -0.3 is 15.2 Å². The first-order valence-corrected chi connectivity index (χ1v) is 9.01. The van der Waals surface area contributed by atoms with Gasteiger partial charge in [-0.1, -0.05) is 66.7 Å². The average molecular weight is 359 g/mol. The van der Waals surface area contributed by atoms with Gasteiger partial charge in [0, 0.05) is 18.0 Å². The van der Waals surface area contributed by atoms with Crippen LogP contribution in [0.25, 0.3) is 11.1 Å². The fourth-order valence-corrected chi connectivity index (χ4v) is 3.68. The lowest BCUT2D eigenvalue weighted by molar-refractivity contribution is 0.142. The molecule has 1 aliphatic rings. The number of hydrogen-bond acceptors (Lipinski definition) is 3. The van der Waals surface area contributed by atoms with E-state index < -0.39 is 6.09 Å². The summed E-state index contributed by atoms with van der Waals surface area (Å²) in [5, 5.41) is 12.8. The molecule has 3 aromatic carbocycles. The summed E-state index contributed by atoms with van der Waals surface area (Å²) in [6.07, 6.45) is -0.488. The molecule has 0 spiro atoms. The van der Waals surface area contributed by atoms with Crippen LogP contribution in [0.3, 0.4) is 0 Å². The topological polar surface area (TPSA) is 58.6 Å². The molecule has 0 bridgehead atoms. The number of aromatic hydroxyl groups is 1. The molecule has 27 heavy (non-hydrogen) atoms. The van der Waals surface area contributed by atoms with E-state index in [4.69, 9.17) is 4.74 Å². The van der Waals surface area contributed by atoms with Crippen molar-refractivity contribution in [2.45, 2.75) is 19.4 Å². The average Bonchev–Trinajstić information content (AvgIpc) is 3.01. The third-order valence-electron chi connectivity index (χ3n) is 5.09. The molecule has 136 valence electrons. The van der Waals surface area contributed by atoms with Gasteiger partial charge in [-0.2, -0.15) is 0 Å². The molecule has 0 aromatic heterocycles. The Labute approximate surface area is 158 Å². The molecule has 1 amide bonds. The molecular formula is C23H21NO3. The summed E-state index contributed by atoms with van der Waals surface area (Å²) >= 11 is 0. The number of amides is 1. The lowest BCUT2D eigenvalue weighted by Gasteiger charge is -2.15. The first-order valence-electron chi connectivity index (χ1n) is 9.01. The third kappa shape index (κ3) is 3.26. The van der Waals surface area contributed by atoms with Crippen molar-refractivity contribution in [2.24, 2.45) is 0 Å². The van der Waals surface area contributed by atoms with Gasteiger partial charge in [-0.25, -0.2) is 4.79 Å². The Morgan fingerprint density at radius 2 is 1.59 bits per heavy atom. The summed E-state index contributed by atoms with van der Waals surface area (Å²) in [6, 6.07) is 21.9. The molecular weight excluding hydrogens is 338 g/mol. The summed E-state index contributed by atoms with van der Waals surface area (Å²) < 4.78 is 5.50. The second kappa shape index (κ2) is 7.16. The highest BCUT2D eigenvalue weighted by molar-refractivity contribution is 5.79. The van der Waals surface area contributed by atoms with Crippen LogP contribution in [0.4, 0.5) is 4.79 Å². The number of carbonyl (C=O) groups excluding carboxylic acids is 1. The second-order valence-electron chi connectivity index (χ2n) is 6.76. The normalized spacial score (nSPS) is 12.3. The quantitative estimate of drug-likeness (QED) is 0.707. The highest BCUT2D eigenvalue weighted by Crippen LogP contribution is 2.44. The number of aryl methyl sites for hydroxylation is 1. The molecule has 0 atom stereocenters. The van der Waals surface area contributed by atoms with Crippen molar-refractivity contribution in [3.05, 3.63) is 89.0 Å². The smallest absolute Gasteiger partial charge is 0.407 e. The molecule has 4 nitrogen and oxygen atoms in total. The molecule has 0 aliphatic heterocycles. The van der Waals surface area contributed by atoms with E-state index in [-0.39, 0.29) is 24.8 Å². The molecule has 0 fully saturated rings. The number of hydrogen-bond donors (Lipinski definition) is 2. The maximum Gasteiger partial charge on any atom is 0.407 e. The van der Waals surface area contributed by atoms with Crippen LogP contribution in [-0.2, 0) is 11.3 Å². The minimum absolute atomic E-state index is 0.0375. The molecule has 0 saturated heterocycles. The van der Waals surface area contributed by atoms with E-state index >= 15 is 0 Å². The lowest BCUT2D eigenvalue weighted by Crippen LogP contribution is -2.25. The number of rotatable bonds is 4. The SMILES string of the molecule is Cc1cccc(CNC(=O)OCC2c3ccccc3-c3ccccc32)c1O. The minimum atomic E-state index is -0.488. The standard InChI is InChI=1S/C23H21NO3/c1-15-7-6-8-16(22(15)25)13-24-23(26)27-14-21-19-11-4-2-9-17(19)18-10-3-5-12-20(18)21/h2-12,21,25H,13-14H2,1H3,(H,24,26). The highest BCUT2D eigenvalue weighted by Gasteiger charge is 2.28. The second-order valence-corrected chi connectivity index (χ2v) is 6.76. The largest absolute Gasteiger partial charge is 0.507 e. The van der Waals surface area contributed by atoms with Crippen molar-refractivity contribution in [2.75, 3.05) is 6.61 Å². The summed E-state index contributed by atoms with van der Waals surface area (Å²) in [5.41, 5.74) is 6.22. The third-order valence-corrected chi connectivity index (χ3v) is 5.09.